The second-order valence-corrected chi connectivity index (χ2v) is 9.98. The summed E-state index contributed by atoms with van der Waals surface area (Å²) in [5.74, 6) is -1.48. The second kappa shape index (κ2) is 10.5. The van der Waals surface area contributed by atoms with Crippen LogP contribution < -0.4 is 10.6 Å². The summed E-state index contributed by atoms with van der Waals surface area (Å²) in [6.07, 6.45) is 2.95. The molecule has 186 valence electrons. The van der Waals surface area contributed by atoms with Crippen LogP contribution in [0.25, 0.3) is 11.1 Å². The molecule has 2 aromatic carbocycles. The maximum atomic E-state index is 12.6. The van der Waals surface area contributed by atoms with E-state index in [1.165, 1.54) is 11.1 Å². The van der Waals surface area contributed by atoms with Crippen molar-refractivity contribution in [1.82, 2.24) is 10.6 Å². The van der Waals surface area contributed by atoms with Gasteiger partial charge < -0.3 is 20.5 Å². The summed E-state index contributed by atoms with van der Waals surface area (Å²) in [5.41, 5.74) is 4.31. The van der Waals surface area contributed by atoms with E-state index in [0.717, 1.165) is 30.4 Å². The molecular weight excluding hydrogens is 444 g/mol. The van der Waals surface area contributed by atoms with Gasteiger partial charge in [0, 0.05) is 18.9 Å². The topological polar surface area (TPSA) is 105 Å². The first-order chi connectivity index (χ1) is 16.8. The Morgan fingerprint density at radius 3 is 2.17 bits per heavy atom. The maximum absolute atomic E-state index is 12.6. The second-order valence-electron chi connectivity index (χ2n) is 9.98. The van der Waals surface area contributed by atoms with Gasteiger partial charge in [-0.1, -0.05) is 75.2 Å². The molecule has 3 N–H and O–H groups in total. The smallest absolute Gasteiger partial charge is 0.407 e. The highest BCUT2D eigenvalue weighted by Crippen LogP contribution is 2.45. The average Bonchev–Trinajstić information content (AvgIpc) is 3.15. The molecule has 0 heterocycles. The molecule has 2 aliphatic rings. The monoisotopic (exact) mass is 478 g/mol. The number of ether oxygens (including phenoxy) is 1. The fourth-order valence-electron chi connectivity index (χ4n) is 5.25. The third kappa shape index (κ3) is 5.34. The van der Waals surface area contributed by atoms with E-state index in [4.69, 9.17) is 4.74 Å². The molecule has 0 saturated heterocycles. The summed E-state index contributed by atoms with van der Waals surface area (Å²) in [6.45, 7) is 4.29. The standard InChI is InChI=1S/C28H34N2O5/c1-3-18(2)25(26(32)33)30-24(31)15-28(13-8-14-28)17-29-27(34)35-16-23-21-11-6-4-9-19(21)20-10-5-7-12-22(20)23/h4-7,9-12,18,23,25H,3,8,13-17H2,1-2H3,(H,29,34)(H,30,31)(H,32,33)/t18?,25-/m0/s1. The van der Waals surface area contributed by atoms with E-state index in [9.17, 15) is 19.5 Å². The molecule has 1 fully saturated rings. The van der Waals surface area contributed by atoms with Crippen molar-refractivity contribution in [3.05, 3.63) is 59.7 Å². The Labute approximate surface area is 206 Å². The molecule has 0 bridgehead atoms. The number of aliphatic carboxylic acids is 1. The van der Waals surface area contributed by atoms with Gasteiger partial charge in [-0.3, -0.25) is 4.79 Å². The van der Waals surface area contributed by atoms with Gasteiger partial charge in [-0.25, -0.2) is 9.59 Å². The normalized spacial score (nSPS) is 17.3. The summed E-state index contributed by atoms with van der Waals surface area (Å²) >= 11 is 0. The van der Waals surface area contributed by atoms with Gasteiger partial charge in [0.1, 0.15) is 12.6 Å². The molecule has 4 rings (SSSR count). The zero-order valence-electron chi connectivity index (χ0n) is 20.4. The predicted molar refractivity (Wildman–Crippen MR) is 133 cm³/mol. The number of carbonyl (C=O) groups excluding carboxylic acids is 2. The van der Waals surface area contributed by atoms with Gasteiger partial charge in [0.2, 0.25) is 5.91 Å². The first kappa shape index (κ1) is 24.8. The molecule has 0 spiro atoms. The number of hydrogen-bond donors (Lipinski definition) is 3. The quantitative estimate of drug-likeness (QED) is 0.459. The van der Waals surface area contributed by atoms with Crippen molar-refractivity contribution >= 4 is 18.0 Å². The highest BCUT2D eigenvalue weighted by atomic mass is 16.5. The number of carbonyl (C=O) groups is 3. The minimum Gasteiger partial charge on any atom is -0.480 e. The lowest BCUT2D eigenvalue weighted by Crippen LogP contribution is -2.49. The number of nitrogens with one attached hydrogen (secondary N) is 2. The lowest BCUT2D eigenvalue weighted by molar-refractivity contribution is -0.144. The lowest BCUT2D eigenvalue weighted by Gasteiger charge is -2.41. The summed E-state index contributed by atoms with van der Waals surface area (Å²) in [4.78, 5) is 36.8. The van der Waals surface area contributed by atoms with Crippen LogP contribution in [0, 0.1) is 11.3 Å². The molecular formula is C28H34N2O5. The number of carboxylic acids is 1. The number of rotatable bonds is 10. The van der Waals surface area contributed by atoms with Crippen LogP contribution in [-0.4, -0.2) is 42.3 Å². The van der Waals surface area contributed by atoms with Gasteiger partial charge >= 0.3 is 12.1 Å². The van der Waals surface area contributed by atoms with Crippen molar-refractivity contribution in [2.24, 2.45) is 11.3 Å². The van der Waals surface area contributed by atoms with Gasteiger partial charge in [0.15, 0.2) is 0 Å². The van der Waals surface area contributed by atoms with Crippen molar-refractivity contribution in [1.29, 1.82) is 0 Å². The molecule has 35 heavy (non-hydrogen) atoms. The van der Waals surface area contributed by atoms with Crippen LogP contribution in [0.4, 0.5) is 4.79 Å². The number of alkyl carbamates (subject to hydrolysis) is 1. The summed E-state index contributed by atoms with van der Waals surface area (Å²) in [7, 11) is 0. The molecule has 7 nitrogen and oxygen atoms in total. The van der Waals surface area contributed by atoms with Crippen LogP contribution in [0.1, 0.15) is 63.0 Å². The maximum Gasteiger partial charge on any atom is 0.407 e. The predicted octanol–water partition coefficient (Wildman–Crippen LogP) is 4.70. The largest absolute Gasteiger partial charge is 0.480 e. The van der Waals surface area contributed by atoms with Gasteiger partial charge in [-0.15, -0.1) is 0 Å². The SMILES string of the molecule is CCC(C)[C@H](NC(=O)CC1(CNC(=O)OCC2c3ccccc3-c3ccccc32)CCC1)C(=O)O. The fourth-order valence-corrected chi connectivity index (χ4v) is 5.25. The van der Waals surface area contributed by atoms with Crippen LogP contribution in [0.15, 0.2) is 48.5 Å². The van der Waals surface area contributed by atoms with Gasteiger partial charge in [-0.05, 0) is 46.4 Å². The molecule has 2 aliphatic carbocycles. The highest BCUT2D eigenvalue weighted by molar-refractivity contribution is 5.84. The van der Waals surface area contributed by atoms with E-state index in [2.05, 4.69) is 34.9 Å². The van der Waals surface area contributed by atoms with Gasteiger partial charge in [0.05, 0.1) is 0 Å². The van der Waals surface area contributed by atoms with Crippen LogP contribution >= 0.6 is 0 Å². The zero-order valence-corrected chi connectivity index (χ0v) is 20.4. The van der Waals surface area contributed by atoms with Crippen molar-refractivity contribution in [3.63, 3.8) is 0 Å². The highest BCUT2D eigenvalue weighted by Gasteiger charge is 2.40. The average molecular weight is 479 g/mol. The minimum absolute atomic E-state index is 0.00917. The Morgan fingerprint density at radius 1 is 1.06 bits per heavy atom. The van der Waals surface area contributed by atoms with Crippen molar-refractivity contribution < 1.29 is 24.2 Å². The number of carboxylic acid groups (broad SMARTS) is 1. The number of amides is 2. The van der Waals surface area contributed by atoms with Crippen molar-refractivity contribution in [2.75, 3.05) is 13.2 Å². The summed E-state index contributed by atoms with van der Waals surface area (Å²) in [5, 5.41) is 15.0. The third-order valence-electron chi connectivity index (χ3n) is 7.70. The van der Waals surface area contributed by atoms with Crippen molar-refractivity contribution in [2.45, 2.75) is 57.9 Å². The Bertz CT molecular complexity index is 1050. The van der Waals surface area contributed by atoms with Gasteiger partial charge in [-0.2, -0.15) is 0 Å². The first-order valence-corrected chi connectivity index (χ1v) is 12.4. The van der Waals surface area contributed by atoms with E-state index < -0.39 is 18.1 Å². The van der Waals surface area contributed by atoms with E-state index in [0.29, 0.717) is 13.0 Å². The molecule has 0 aromatic heterocycles. The Balaban J connectivity index is 1.31. The van der Waals surface area contributed by atoms with E-state index in [-0.39, 0.29) is 36.2 Å². The molecule has 0 aliphatic heterocycles. The Hall–Kier alpha value is -3.35. The Kier molecular flexibility index (Phi) is 7.43. The van der Waals surface area contributed by atoms with E-state index in [1.54, 1.807) is 0 Å². The molecule has 1 unspecified atom stereocenters. The lowest BCUT2D eigenvalue weighted by atomic mass is 9.66. The van der Waals surface area contributed by atoms with E-state index in [1.807, 2.05) is 38.1 Å². The number of benzene rings is 2. The van der Waals surface area contributed by atoms with Gasteiger partial charge in [0.25, 0.3) is 0 Å². The number of fused-ring (bicyclic) bond motifs is 3. The first-order valence-electron chi connectivity index (χ1n) is 12.4. The molecule has 7 heteroatoms. The molecule has 2 atom stereocenters. The molecule has 2 amide bonds. The fraction of sp³-hybridized carbons (Fsp3) is 0.464. The zero-order chi connectivity index (χ0) is 25.0. The van der Waals surface area contributed by atoms with Crippen LogP contribution in [0.3, 0.4) is 0 Å². The van der Waals surface area contributed by atoms with E-state index >= 15 is 0 Å². The number of hydrogen-bond acceptors (Lipinski definition) is 4. The van der Waals surface area contributed by atoms with Crippen molar-refractivity contribution in [3.8, 4) is 11.1 Å². The Morgan fingerprint density at radius 2 is 1.66 bits per heavy atom. The summed E-state index contributed by atoms with van der Waals surface area (Å²) in [6, 6.07) is 15.5. The molecule has 2 aromatic rings. The van der Waals surface area contributed by atoms with Crippen LogP contribution in [0.2, 0.25) is 0 Å². The minimum atomic E-state index is -1.02. The molecule has 0 radical (unpaired) electrons. The molecule has 1 saturated carbocycles. The van der Waals surface area contributed by atoms with Crippen LogP contribution in [-0.2, 0) is 14.3 Å². The van der Waals surface area contributed by atoms with Crippen LogP contribution in [0.5, 0.6) is 0 Å². The third-order valence-corrected chi connectivity index (χ3v) is 7.70. The summed E-state index contributed by atoms with van der Waals surface area (Å²) < 4.78 is 5.62.